The molecule has 1 heterocycles. The van der Waals surface area contributed by atoms with Crippen molar-refractivity contribution in [1.82, 2.24) is 4.90 Å². The van der Waals surface area contributed by atoms with Crippen LogP contribution >= 0.6 is 0 Å². The van der Waals surface area contributed by atoms with Crippen molar-refractivity contribution >= 4 is 5.91 Å². The highest BCUT2D eigenvalue weighted by molar-refractivity contribution is 5.78. The number of halogens is 3. The highest BCUT2D eigenvalue weighted by Gasteiger charge is 2.41. The summed E-state index contributed by atoms with van der Waals surface area (Å²) in [5.74, 6) is -2.63. The van der Waals surface area contributed by atoms with Crippen molar-refractivity contribution in [2.75, 3.05) is 26.3 Å². The van der Waals surface area contributed by atoms with Crippen LogP contribution in [0.4, 0.5) is 13.2 Å². The van der Waals surface area contributed by atoms with Gasteiger partial charge in [0.25, 0.3) is 0 Å². The second-order valence-electron chi connectivity index (χ2n) is 3.12. The highest BCUT2D eigenvalue weighted by Crippen LogP contribution is 2.26. The summed E-state index contributed by atoms with van der Waals surface area (Å²) in [4.78, 5) is 12.1. The standard InChI is InChI=1S/C8H9F3N2O2/c9-8(10,11)6(3-12)4-13-1-2-15-5-7(13)14/h6H,1-2,4-5H2. The van der Waals surface area contributed by atoms with Gasteiger partial charge in [-0.25, -0.2) is 0 Å². The molecule has 0 aromatic carbocycles. The molecular formula is C8H9F3N2O2. The van der Waals surface area contributed by atoms with Gasteiger partial charge in [0, 0.05) is 13.1 Å². The maximum atomic E-state index is 12.2. The molecule has 1 fully saturated rings. The first kappa shape index (κ1) is 11.8. The molecule has 1 atom stereocenters. The van der Waals surface area contributed by atoms with E-state index in [2.05, 4.69) is 0 Å². The van der Waals surface area contributed by atoms with E-state index in [1.165, 1.54) is 0 Å². The molecule has 0 saturated carbocycles. The van der Waals surface area contributed by atoms with E-state index < -0.39 is 24.5 Å². The Labute approximate surface area is 84.2 Å². The maximum Gasteiger partial charge on any atom is 0.406 e. The molecular weight excluding hydrogens is 213 g/mol. The van der Waals surface area contributed by atoms with E-state index in [0.29, 0.717) is 0 Å². The van der Waals surface area contributed by atoms with Gasteiger partial charge in [0.2, 0.25) is 5.91 Å². The lowest BCUT2D eigenvalue weighted by molar-refractivity contribution is -0.169. The lowest BCUT2D eigenvalue weighted by Crippen LogP contribution is -2.46. The third-order valence-corrected chi connectivity index (χ3v) is 2.04. The van der Waals surface area contributed by atoms with E-state index in [4.69, 9.17) is 10.00 Å². The molecule has 0 N–H and O–H groups in total. The molecule has 1 rings (SSSR count). The minimum absolute atomic E-state index is 0.104. The van der Waals surface area contributed by atoms with Crippen LogP contribution in [0, 0.1) is 17.2 Å². The Balaban J connectivity index is 2.59. The molecule has 7 heteroatoms. The first-order valence-corrected chi connectivity index (χ1v) is 4.27. The van der Waals surface area contributed by atoms with E-state index in [9.17, 15) is 18.0 Å². The molecule has 0 radical (unpaired) electrons. The van der Waals surface area contributed by atoms with Gasteiger partial charge in [0.05, 0.1) is 12.7 Å². The van der Waals surface area contributed by atoms with Crippen molar-refractivity contribution in [3.05, 3.63) is 0 Å². The molecule has 0 aromatic rings. The van der Waals surface area contributed by atoms with Crippen LogP contribution in [-0.2, 0) is 9.53 Å². The first-order chi connectivity index (χ1) is 6.95. The average Bonchev–Trinajstić information content (AvgIpc) is 2.14. The third-order valence-electron chi connectivity index (χ3n) is 2.04. The van der Waals surface area contributed by atoms with Crippen molar-refractivity contribution in [2.24, 2.45) is 5.92 Å². The molecule has 15 heavy (non-hydrogen) atoms. The van der Waals surface area contributed by atoms with Gasteiger partial charge in [0.1, 0.15) is 6.61 Å². The Morgan fingerprint density at radius 3 is 2.73 bits per heavy atom. The number of nitrogens with zero attached hydrogens (tertiary/aromatic N) is 2. The van der Waals surface area contributed by atoms with Crippen molar-refractivity contribution in [3.63, 3.8) is 0 Å². The third kappa shape index (κ3) is 3.09. The monoisotopic (exact) mass is 222 g/mol. The summed E-state index contributed by atoms with van der Waals surface area (Å²) in [5, 5.41) is 8.34. The predicted molar refractivity (Wildman–Crippen MR) is 42.6 cm³/mol. The molecule has 1 amide bonds. The van der Waals surface area contributed by atoms with Gasteiger partial charge in [-0.2, -0.15) is 18.4 Å². The molecule has 0 spiro atoms. The Morgan fingerprint density at radius 2 is 2.27 bits per heavy atom. The summed E-state index contributed by atoms with van der Waals surface area (Å²) < 4.78 is 41.4. The number of morpholine rings is 1. The minimum Gasteiger partial charge on any atom is -0.370 e. The van der Waals surface area contributed by atoms with E-state index >= 15 is 0 Å². The van der Waals surface area contributed by atoms with Crippen LogP contribution in [0.2, 0.25) is 0 Å². The Hall–Kier alpha value is -1.29. The van der Waals surface area contributed by atoms with E-state index in [0.717, 1.165) is 11.0 Å². The van der Waals surface area contributed by atoms with Gasteiger partial charge < -0.3 is 9.64 Å². The fourth-order valence-electron chi connectivity index (χ4n) is 1.18. The van der Waals surface area contributed by atoms with Crippen LogP contribution < -0.4 is 0 Å². The van der Waals surface area contributed by atoms with Crippen LogP contribution in [0.3, 0.4) is 0 Å². The van der Waals surface area contributed by atoms with Gasteiger partial charge in [-0.05, 0) is 0 Å². The zero-order chi connectivity index (χ0) is 11.5. The van der Waals surface area contributed by atoms with Gasteiger partial charge >= 0.3 is 6.18 Å². The van der Waals surface area contributed by atoms with E-state index in [1.54, 1.807) is 0 Å². The average molecular weight is 222 g/mol. The Morgan fingerprint density at radius 1 is 1.60 bits per heavy atom. The zero-order valence-corrected chi connectivity index (χ0v) is 7.75. The van der Waals surface area contributed by atoms with Crippen LogP contribution in [0.15, 0.2) is 0 Å². The Kier molecular flexibility index (Phi) is 3.52. The molecule has 1 unspecified atom stereocenters. The second-order valence-corrected chi connectivity index (χ2v) is 3.12. The van der Waals surface area contributed by atoms with E-state index in [-0.39, 0.29) is 19.8 Å². The van der Waals surface area contributed by atoms with Crippen LogP contribution in [-0.4, -0.2) is 43.3 Å². The van der Waals surface area contributed by atoms with Gasteiger partial charge in [0.15, 0.2) is 5.92 Å². The number of hydrogen-bond acceptors (Lipinski definition) is 3. The highest BCUT2D eigenvalue weighted by atomic mass is 19.4. The first-order valence-electron chi connectivity index (χ1n) is 4.27. The molecule has 84 valence electrons. The lowest BCUT2D eigenvalue weighted by Gasteiger charge is -2.28. The number of alkyl halides is 3. The number of nitriles is 1. The molecule has 1 aliphatic heterocycles. The van der Waals surface area contributed by atoms with Gasteiger partial charge in [-0.15, -0.1) is 0 Å². The number of carbonyl (C=O) groups excluding carboxylic acids is 1. The summed E-state index contributed by atoms with van der Waals surface area (Å²) >= 11 is 0. The smallest absolute Gasteiger partial charge is 0.370 e. The summed E-state index contributed by atoms with van der Waals surface area (Å²) in [6.07, 6.45) is -4.59. The van der Waals surface area contributed by atoms with Crippen molar-refractivity contribution in [2.45, 2.75) is 6.18 Å². The number of ether oxygens (including phenoxy) is 1. The van der Waals surface area contributed by atoms with E-state index in [1.807, 2.05) is 0 Å². The molecule has 0 aliphatic carbocycles. The Bertz CT molecular complexity index is 285. The fourth-order valence-corrected chi connectivity index (χ4v) is 1.18. The zero-order valence-electron chi connectivity index (χ0n) is 7.75. The topological polar surface area (TPSA) is 53.3 Å². The number of hydrogen-bond donors (Lipinski definition) is 0. The summed E-state index contributed by atoms with van der Waals surface area (Å²) in [7, 11) is 0. The largest absolute Gasteiger partial charge is 0.406 e. The molecule has 4 nitrogen and oxygen atoms in total. The number of amides is 1. The molecule has 0 bridgehead atoms. The molecule has 1 aliphatic rings. The van der Waals surface area contributed by atoms with Gasteiger partial charge in [-0.3, -0.25) is 4.79 Å². The summed E-state index contributed by atoms with van der Waals surface area (Å²) in [6, 6.07) is 1.15. The van der Waals surface area contributed by atoms with Crippen LogP contribution in [0.5, 0.6) is 0 Å². The van der Waals surface area contributed by atoms with Crippen LogP contribution in [0.25, 0.3) is 0 Å². The fraction of sp³-hybridized carbons (Fsp3) is 0.750. The van der Waals surface area contributed by atoms with Crippen LogP contribution in [0.1, 0.15) is 0 Å². The maximum absolute atomic E-state index is 12.2. The summed E-state index contributed by atoms with van der Waals surface area (Å²) in [6.45, 7) is -0.507. The van der Waals surface area contributed by atoms with Crippen molar-refractivity contribution in [3.8, 4) is 6.07 Å². The predicted octanol–water partition coefficient (Wildman–Crippen LogP) is 0.547. The number of rotatable bonds is 2. The second kappa shape index (κ2) is 4.49. The quantitative estimate of drug-likeness (QED) is 0.685. The SMILES string of the molecule is N#CC(CN1CCOCC1=O)C(F)(F)F. The minimum atomic E-state index is -4.59. The molecule has 0 aromatic heterocycles. The van der Waals surface area contributed by atoms with Crippen molar-refractivity contribution < 1.29 is 22.7 Å². The normalized spacial score (nSPS) is 19.9. The lowest BCUT2D eigenvalue weighted by atomic mass is 10.1. The van der Waals surface area contributed by atoms with Gasteiger partial charge in [-0.1, -0.05) is 0 Å². The summed E-state index contributed by atoms with van der Waals surface area (Å²) in [5.41, 5.74) is 0. The number of carbonyl (C=O) groups is 1. The van der Waals surface area contributed by atoms with Crippen molar-refractivity contribution in [1.29, 1.82) is 5.26 Å². The molecule has 1 saturated heterocycles.